The molecule has 2 rings (SSSR count). The Hall–Kier alpha value is -2.45. The van der Waals surface area contributed by atoms with Gasteiger partial charge in [-0.15, -0.1) is 0 Å². The summed E-state index contributed by atoms with van der Waals surface area (Å²) in [7, 11) is 1.56. The van der Waals surface area contributed by atoms with Crippen LogP contribution >= 0.6 is 12.2 Å². The summed E-state index contributed by atoms with van der Waals surface area (Å²) in [6, 6.07) is 7.04. The molecule has 7 nitrogen and oxygen atoms in total. The molecule has 1 aromatic carbocycles. The van der Waals surface area contributed by atoms with Gasteiger partial charge in [0.2, 0.25) is 5.91 Å². The number of nitrogens with one attached hydrogen (secondary N) is 2. The number of anilines is 1. The molecule has 1 aromatic rings. The molecule has 1 aliphatic rings. The van der Waals surface area contributed by atoms with Crippen molar-refractivity contribution in [3.8, 4) is 0 Å². The summed E-state index contributed by atoms with van der Waals surface area (Å²) in [5.74, 6) is -0.107. The van der Waals surface area contributed by atoms with Gasteiger partial charge in [0.05, 0.1) is 18.2 Å². The summed E-state index contributed by atoms with van der Waals surface area (Å²) in [5.41, 5.74) is 3.05. The van der Waals surface area contributed by atoms with Gasteiger partial charge in [-0.2, -0.15) is 0 Å². The van der Waals surface area contributed by atoms with Crippen molar-refractivity contribution in [2.45, 2.75) is 60.4 Å². The van der Waals surface area contributed by atoms with Crippen molar-refractivity contribution in [1.82, 2.24) is 10.2 Å². The topological polar surface area (TPSA) is 79.9 Å². The second-order valence-corrected chi connectivity index (χ2v) is 10.4. The Morgan fingerprint density at radius 2 is 1.85 bits per heavy atom. The van der Waals surface area contributed by atoms with Gasteiger partial charge < -0.3 is 25.0 Å². The van der Waals surface area contributed by atoms with Crippen molar-refractivity contribution >= 4 is 34.9 Å². The summed E-state index contributed by atoms with van der Waals surface area (Å²) in [5, 5.41) is 6.81. The summed E-state index contributed by atoms with van der Waals surface area (Å²) >= 11 is 5.54. The van der Waals surface area contributed by atoms with Crippen molar-refractivity contribution in [3.63, 3.8) is 0 Å². The average molecular weight is 490 g/mol. The fourth-order valence-corrected chi connectivity index (χ4v) is 4.76. The van der Waals surface area contributed by atoms with Crippen LogP contribution in [0.5, 0.6) is 0 Å². The molecule has 0 aromatic heterocycles. The van der Waals surface area contributed by atoms with Crippen LogP contribution in [-0.4, -0.2) is 48.8 Å². The molecule has 0 radical (unpaired) electrons. The quantitative estimate of drug-likeness (QED) is 0.278. The number of thiocarbonyl (C=S) groups is 1. The van der Waals surface area contributed by atoms with E-state index in [1.807, 2.05) is 43.0 Å². The summed E-state index contributed by atoms with van der Waals surface area (Å²) in [6.45, 7) is 13.6. The smallest absolute Gasteiger partial charge is 0.338 e. The number of carbonyl (C=O) groups is 2. The Balaban J connectivity index is 2.18. The lowest BCUT2D eigenvalue weighted by atomic mass is 9.84. The molecule has 1 heterocycles. The first kappa shape index (κ1) is 27.8. The van der Waals surface area contributed by atoms with Gasteiger partial charge in [0, 0.05) is 31.5 Å². The molecule has 0 saturated carbocycles. The molecule has 0 bridgehead atoms. The molecule has 8 heteroatoms. The van der Waals surface area contributed by atoms with Crippen molar-refractivity contribution in [3.05, 3.63) is 41.1 Å². The fraction of sp³-hybridized carbons (Fsp3) is 0.577. The number of carbonyl (C=O) groups excluding carboxylic acids is 2. The first-order chi connectivity index (χ1) is 16.0. The first-order valence-corrected chi connectivity index (χ1v) is 12.2. The molecule has 2 atom stereocenters. The number of amides is 1. The Morgan fingerprint density at radius 3 is 2.41 bits per heavy atom. The molecule has 1 amide bonds. The third kappa shape index (κ3) is 7.81. The van der Waals surface area contributed by atoms with Crippen LogP contribution in [-0.2, 0) is 19.1 Å². The standard InChI is InChI=1S/C26H39N3O4S/c1-8-29-18(3)22(24(31)33-14-13-32-7)23(28-25(29)34)19-9-11-20(12-10-19)27-21(30)15-17(2)16-26(4,5)6/h9-12,17,23H,8,13-16H2,1-7H3,(H,27,30)(H,28,34). The molecule has 2 unspecified atom stereocenters. The van der Waals surface area contributed by atoms with E-state index in [4.69, 9.17) is 21.7 Å². The highest BCUT2D eigenvalue weighted by atomic mass is 32.1. The zero-order chi connectivity index (χ0) is 25.5. The maximum Gasteiger partial charge on any atom is 0.338 e. The van der Waals surface area contributed by atoms with Crippen LogP contribution in [0.2, 0.25) is 0 Å². The molecule has 0 spiro atoms. The normalized spacial score (nSPS) is 17.3. The van der Waals surface area contributed by atoms with Gasteiger partial charge in [-0.3, -0.25) is 4.79 Å². The first-order valence-electron chi connectivity index (χ1n) is 11.8. The van der Waals surface area contributed by atoms with Crippen LogP contribution in [0, 0.1) is 11.3 Å². The van der Waals surface area contributed by atoms with Gasteiger partial charge in [-0.05, 0) is 61.5 Å². The number of rotatable bonds is 10. The van der Waals surface area contributed by atoms with Crippen molar-refractivity contribution in [2.24, 2.45) is 11.3 Å². The number of ether oxygens (including phenoxy) is 2. The zero-order valence-electron chi connectivity index (χ0n) is 21.5. The Morgan fingerprint density at radius 1 is 1.21 bits per heavy atom. The fourth-order valence-electron chi connectivity index (χ4n) is 4.38. The van der Waals surface area contributed by atoms with Gasteiger partial charge in [-0.25, -0.2) is 4.79 Å². The SMILES string of the molecule is CCN1C(=S)NC(c2ccc(NC(=O)CC(C)CC(C)(C)C)cc2)C(C(=O)OCCOC)=C1C. The van der Waals surface area contributed by atoms with Gasteiger partial charge in [0.25, 0.3) is 0 Å². The summed E-state index contributed by atoms with van der Waals surface area (Å²) in [4.78, 5) is 27.3. The average Bonchev–Trinajstić information content (AvgIpc) is 2.72. The van der Waals surface area contributed by atoms with Gasteiger partial charge in [-0.1, -0.05) is 39.8 Å². The minimum Gasteiger partial charge on any atom is -0.460 e. The van der Waals surface area contributed by atoms with E-state index < -0.39 is 12.0 Å². The molecule has 34 heavy (non-hydrogen) atoms. The monoisotopic (exact) mass is 489 g/mol. The largest absolute Gasteiger partial charge is 0.460 e. The van der Waals surface area contributed by atoms with Crippen LogP contribution in [0.25, 0.3) is 0 Å². The third-order valence-corrected chi connectivity index (χ3v) is 6.01. The molecule has 188 valence electrons. The van der Waals surface area contributed by atoms with Crippen molar-refractivity contribution in [2.75, 3.05) is 32.2 Å². The third-order valence-electron chi connectivity index (χ3n) is 5.68. The van der Waals surface area contributed by atoms with Gasteiger partial charge in [0.1, 0.15) is 6.61 Å². The molecule has 1 aliphatic heterocycles. The van der Waals surface area contributed by atoms with E-state index in [0.29, 0.717) is 36.2 Å². The maximum atomic E-state index is 12.9. The van der Waals surface area contributed by atoms with Crippen LogP contribution in [0.3, 0.4) is 0 Å². The lowest BCUT2D eigenvalue weighted by Crippen LogP contribution is -2.47. The number of hydrogen-bond acceptors (Lipinski definition) is 5. The number of hydrogen-bond donors (Lipinski definition) is 2. The van der Waals surface area contributed by atoms with Crippen LogP contribution in [0.15, 0.2) is 35.5 Å². The van der Waals surface area contributed by atoms with E-state index in [1.54, 1.807) is 7.11 Å². The Bertz CT molecular complexity index is 906. The van der Waals surface area contributed by atoms with Gasteiger partial charge >= 0.3 is 5.97 Å². The summed E-state index contributed by atoms with van der Waals surface area (Å²) < 4.78 is 10.4. The van der Waals surface area contributed by atoms with E-state index in [-0.39, 0.29) is 17.9 Å². The van der Waals surface area contributed by atoms with E-state index in [0.717, 1.165) is 23.4 Å². The van der Waals surface area contributed by atoms with Crippen LogP contribution in [0.4, 0.5) is 5.69 Å². The lowest BCUT2D eigenvalue weighted by molar-refractivity contribution is -0.140. The molecule has 2 N–H and O–H groups in total. The Labute approximate surface area is 209 Å². The summed E-state index contributed by atoms with van der Waals surface area (Å²) in [6.07, 6.45) is 1.46. The van der Waals surface area contributed by atoms with Crippen LogP contribution < -0.4 is 10.6 Å². The van der Waals surface area contributed by atoms with E-state index in [2.05, 4.69) is 38.3 Å². The molecular formula is C26H39N3O4S. The minimum absolute atomic E-state index is 0.00166. The molecule has 0 saturated heterocycles. The highest BCUT2D eigenvalue weighted by Gasteiger charge is 2.34. The van der Waals surface area contributed by atoms with Crippen molar-refractivity contribution in [1.29, 1.82) is 0 Å². The van der Waals surface area contributed by atoms with E-state index in [9.17, 15) is 9.59 Å². The number of nitrogens with zero attached hydrogens (tertiary/aromatic N) is 1. The maximum absolute atomic E-state index is 12.9. The number of allylic oxidation sites excluding steroid dienone is 1. The van der Waals surface area contributed by atoms with Crippen molar-refractivity contribution < 1.29 is 19.1 Å². The number of esters is 1. The van der Waals surface area contributed by atoms with Crippen LogP contribution in [0.1, 0.15) is 66.0 Å². The predicted octanol–water partition coefficient (Wildman–Crippen LogP) is 4.80. The van der Waals surface area contributed by atoms with E-state index >= 15 is 0 Å². The second-order valence-electron chi connectivity index (χ2n) is 10.00. The molecule has 0 fully saturated rings. The highest BCUT2D eigenvalue weighted by Crippen LogP contribution is 2.32. The Kier molecular flexibility index (Phi) is 10.1. The lowest BCUT2D eigenvalue weighted by Gasteiger charge is -2.37. The zero-order valence-corrected chi connectivity index (χ0v) is 22.3. The highest BCUT2D eigenvalue weighted by molar-refractivity contribution is 7.80. The predicted molar refractivity (Wildman–Crippen MR) is 139 cm³/mol. The number of methoxy groups -OCH3 is 1. The molecular weight excluding hydrogens is 450 g/mol. The molecule has 0 aliphatic carbocycles. The van der Waals surface area contributed by atoms with Gasteiger partial charge in [0.15, 0.2) is 5.11 Å². The van der Waals surface area contributed by atoms with E-state index in [1.165, 1.54) is 0 Å². The second kappa shape index (κ2) is 12.3. The number of benzene rings is 1. The minimum atomic E-state index is -0.443.